The van der Waals surface area contributed by atoms with Gasteiger partial charge in [0.15, 0.2) is 5.78 Å². The maximum atomic E-state index is 12.3. The number of amides is 5. The number of anilines is 5. The summed E-state index contributed by atoms with van der Waals surface area (Å²) in [5.74, 6) is 0.315. The average Bonchev–Trinajstić information content (AvgIpc) is 2.04. The van der Waals surface area contributed by atoms with Gasteiger partial charge in [-0.15, -0.1) is 11.6 Å². The van der Waals surface area contributed by atoms with Gasteiger partial charge in [-0.1, -0.05) is 196 Å². The number of aliphatic hydroxyl groups excluding tert-OH is 1. The number of rotatable bonds is 8. The molecule has 4 aliphatic rings. The molecule has 5 N–H and O–H groups in total. The maximum Gasteiger partial charge on any atom is 0.237 e. The zero-order chi connectivity index (χ0) is 64.6. The van der Waals surface area contributed by atoms with Crippen LogP contribution in [0.25, 0.3) is 0 Å². The lowest BCUT2D eigenvalue weighted by Crippen LogP contribution is -2.47. The predicted molar refractivity (Wildman–Crippen MR) is 350 cm³/mol. The molecule has 0 saturated carbocycles. The molecule has 0 saturated heterocycles. The van der Waals surface area contributed by atoms with Crippen LogP contribution in [-0.4, -0.2) is 77.9 Å². The van der Waals surface area contributed by atoms with Gasteiger partial charge in [-0.05, 0) is 106 Å². The summed E-state index contributed by atoms with van der Waals surface area (Å²) in [6, 6.07) is 40.1. The zero-order valence-corrected chi connectivity index (χ0v) is 55.1. The van der Waals surface area contributed by atoms with Crippen LogP contribution < -0.4 is 25.8 Å². The second-order valence-corrected chi connectivity index (χ2v) is 22.2. The third-order valence-corrected chi connectivity index (χ3v) is 13.4. The van der Waals surface area contributed by atoms with Crippen molar-refractivity contribution < 1.29 is 44.0 Å². The van der Waals surface area contributed by atoms with Crippen molar-refractivity contribution in [3.05, 3.63) is 150 Å². The fourth-order valence-corrected chi connectivity index (χ4v) is 8.90. The van der Waals surface area contributed by atoms with Crippen LogP contribution >= 0.6 is 11.6 Å². The molecule has 14 nitrogen and oxygen atoms in total. The van der Waals surface area contributed by atoms with Crippen molar-refractivity contribution in [3.8, 4) is 0 Å². The van der Waals surface area contributed by atoms with E-state index in [9.17, 15) is 28.8 Å². The number of ketones is 1. The van der Waals surface area contributed by atoms with Gasteiger partial charge < -0.3 is 30.9 Å². The molecule has 15 heteroatoms. The molecule has 0 aliphatic carbocycles. The highest BCUT2D eigenvalue weighted by atomic mass is 35.5. The van der Waals surface area contributed by atoms with Crippen LogP contribution in [0.3, 0.4) is 0 Å². The molecule has 0 bridgehead atoms. The number of fused-ring (bicyclic) bond motifs is 4. The highest BCUT2D eigenvalue weighted by Gasteiger charge is 2.42. The second kappa shape index (κ2) is 37.6. The van der Waals surface area contributed by atoms with Gasteiger partial charge in [0.25, 0.3) is 0 Å². The van der Waals surface area contributed by atoms with Crippen molar-refractivity contribution in [1.82, 2.24) is 0 Å². The normalized spacial score (nSPS) is 15.4. The summed E-state index contributed by atoms with van der Waals surface area (Å²) in [7, 11) is 0. The summed E-state index contributed by atoms with van der Waals surface area (Å²) in [5.41, 5.74) is 5.84. The number of benzene rings is 5. The number of halogens is 1. The van der Waals surface area contributed by atoms with Gasteiger partial charge in [-0.2, -0.15) is 0 Å². The van der Waals surface area contributed by atoms with E-state index in [2.05, 4.69) is 33.0 Å². The van der Waals surface area contributed by atoms with Gasteiger partial charge in [-0.3, -0.25) is 34.0 Å². The summed E-state index contributed by atoms with van der Waals surface area (Å²) in [5, 5.41) is 25.7. The summed E-state index contributed by atoms with van der Waals surface area (Å²) in [4.78, 5) is 78.7. The number of Topliss-reactive ketones (excluding diaryl/α,β-unsaturated/α-hetero) is 1. The number of carbonyl (C=O) groups is 6. The van der Waals surface area contributed by atoms with Crippen molar-refractivity contribution >= 4 is 75.4 Å². The van der Waals surface area contributed by atoms with E-state index in [4.69, 9.17) is 22.0 Å². The first-order chi connectivity index (χ1) is 39.8. The molecular formula is C69H102ClN5O9. The minimum Gasteiger partial charge on any atom is -0.395 e. The Bertz CT molecular complexity index is 2730. The molecule has 0 aromatic heterocycles. The van der Waals surface area contributed by atoms with Crippen LogP contribution in [0.15, 0.2) is 127 Å². The van der Waals surface area contributed by atoms with Crippen molar-refractivity contribution in [2.24, 2.45) is 27.1 Å². The number of nitrogens with zero attached hydrogens (tertiary/aromatic N) is 2. The topological polar surface area (TPSA) is 195 Å². The van der Waals surface area contributed by atoms with Gasteiger partial charge in [0, 0.05) is 63.5 Å². The first-order valence-electron chi connectivity index (χ1n) is 29.8. The number of β-amino-alcohol motifs (C(OH)–C–C–N with tert-alkyl or cyclic N) is 1. The molecule has 5 aromatic carbocycles. The summed E-state index contributed by atoms with van der Waals surface area (Å²) >= 11 is 5.77. The number of aliphatic hydroxyl groups is 1. The van der Waals surface area contributed by atoms with E-state index in [1.807, 2.05) is 195 Å². The third kappa shape index (κ3) is 21.7. The van der Waals surface area contributed by atoms with Crippen LogP contribution in [0.2, 0.25) is 0 Å². The van der Waals surface area contributed by atoms with E-state index in [-0.39, 0.29) is 64.8 Å². The van der Waals surface area contributed by atoms with Crippen LogP contribution in [0.1, 0.15) is 166 Å². The van der Waals surface area contributed by atoms with Crippen LogP contribution in [0, 0.1) is 27.1 Å². The average molecular weight is 1180 g/mol. The Kier molecular flexibility index (Phi) is 34.6. The fourth-order valence-electron chi connectivity index (χ4n) is 8.73. The van der Waals surface area contributed by atoms with E-state index in [1.165, 1.54) is 16.7 Å². The zero-order valence-electron chi connectivity index (χ0n) is 54.3. The lowest BCUT2D eigenvalue weighted by atomic mass is 9.80. The molecule has 84 heavy (non-hydrogen) atoms. The molecule has 0 unspecified atom stereocenters. The maximum absolute atomic E-state index is 12.3. The second-order valence-electron chi connectivity index (χ2n) is 21.8. The van der Waals surface area contributed by atoms with Crippen LogP contribution in [0.5, 0.6) is 0 Å². The minimum atomic E-state index is -0.950. The molecule has 4 aliphatic heterocycles. The largest absolute Gasteiger partial charge is 0.395 e. The van der Waals surface area contributed by atoms with Crippen molar-refractivity contribution in [2.75, 3.05) is 57.9 Å². The Morgan fingerprint density at radius 1 is 0.548 bits per heavy atom. The number of para-hydroxylation sites is 5. The van der Waals surface area contributed by atoms with Crippen LogP contribution in [0.4, 0.5) is 28.4 Å². The molecule has 4 heterocycles. The first kappa shape index (κ1) is 77.3. The molecular weight excluding hydrogens is 1080 g/mol. The monoisotopic (exact) mass is 1180 g/mol. The van der Waals surface area contributed by atoms with Crippen molar-refractivity contribution in [2.45, 2.75) is 158 Å². The smallest absolute Gasteiger partial charge is 0.237 e. The van der Waals surface area contributed by atoms with E-state index in [0.29, 0.717) is 30.2 Å². The Hall–Kier alpha value is -6.71. The number of carbonyl (C=O) groups excluding carboxylic acids is 6. The van der Waals surface area contributed by atoms with Gasteiger partial charge in [-0.25, -0.2) is 4.89 Å². The number of alkyl halides is 1. The Morgan fingerprint density at radius 2 is 0.940 bits per heavy atom. The summed E-state index contributed by atoms with van der Waals surface area (Å²) in [6.07, 6.45) is 2.40. The predicted octanol–water partition coefficient (Wildman–Crippen LogP) is 15.8. The number of hydrogen-bond acceptors (Lipinski definition) is 9. The quantitative estimate of drug-likeness (QED) is 0.0435. The Balaban J connectivity index is 0.000000988. The molecule has 5 aromatic rings. The van der Waals surface area contributed by atoms with Gasteiger partial charge in [0.05, 0.1) is 24.3 Å². The van der Waals surface area contributed by atoms with E-state index in [0.717, 1.165) is 42.0 Å². The molecule has 0 radical (unpaired) electrons. The Labute approximate surface area is 509 Å². The Morgan fingerprint density at radius 3 is 1.40 bits per heavy atom. The van der Waals surface area contributed by atoms with E-state index < -0.39 is 10.8 Å². The highest BCUT2D eigenvalue weighted by Crippen LogP contribution is 2.39. The van der Waals surface area contributed by atoms with Crippen molar-refractivity contribution in [3.63, 3.8) is 0 Å². The molecule has 0 spiro atoms. The summed E-state index contributed by atoms with van der Waals surface area (Å²) < 4.78 is 0. The third-order valence-electron chi connectivity index (χ3n) is 13.2. The van der Waals surface area contributed by atoms with Gasteiger partial charge in [0.1, 0.15) is 5.41 Å². The fraction of sp³-hybridized carbons (Fsp3) is 0.478. The minimum absolute atomic E-state index is 0.00382. The standard InChI is InChI=1S/C13H16ClNO.C13H17NO2.C11H15NO3.C11H11NO2.C11H13NO.5C2H6/c1-13(2)9-10-5-3-4-6-11(10)15(8-7-14)12(13)16;1-13(2)9-10-5-3-4-6-11(10)14(7-8-15)12(13)16;1-11(2,8-15-14)10(13)12-9-6-4-3-5-7-9;1-11(2)9(13)7-5-3-4-6-8(7)12-10(11)14;1-11(2)7-8-5-3-4-6-9(8)12-10(11)13;5*1-2/h3-6H,7-9H2,1-2H3;3-6,15H,7-9H2,1-2H3;3-7,14H,8H2,1-2H3,(H,12,13);3-6H,1-2H3,(H,12,14);3-6H,7H2,1-2H3,(H,12,13);5*1-2H3. The lowest BCUT2D eigenvalue weighted by Gasteiger charge is -2.38. The first-order valence-corrected chi connectivity index (χ1v) is 30.3. The van der Waals surface area contributed by atoms with E-state index >= 15 is 0 Å². The van der Waals surface area contributed by atoms with Crippen LogP contribution in [-0.2, 0) is 48.1 Å². The molecule has 0 atom stereocenters. The highest BCUT2D eigenvalue weighted by molar-refractivity contribution is 6.23. The molecule has 464 valence electrons. The SMILES string of the molecule is CC.CC.CC.CC.CC.CC(C)(COO)C(=O)Nc1ccccc1.CC1(C)C(=O)Nc2ccccc2C1=O.CC1(C)Cc2ccccc2N(CCCl)C1=O.CC1(C)Cc2ccccc2N(CCO)C1=O.CC1(C)Cc2ccccc2NC1=O. The van der Waals surface area contributed by atoms with Gasteiger partial charge >= 0.3 is 0 Å². The van der Waals surface area contributed by atoms with Crippen molar-refractivity contribution in [1.29, 1.82) is 0 Å². The number of hydrogen-bond donors (Lipinski definition) is 5. The molecule has 9 rings (SSSR count). The van der Waals surface area contributed by atoms with Gasteiger partial charge in [0.2, 0.25) is 29.5 Å². The summed E-state index contributed by atoms with van der Waals surface area (Å²) in [6.45, 7) is 39.4. The molecule has 5 amide bonds. The lowest BCUT2D eigenvalue weighted by molar-refractivity contribution is -0.257. The molecule has 0 fully saturated rings. The number of nitrogens with one attached hydrogen (secondary N) is 3. The van der Waals surface area contributed by atoms with E-state index in [1.54, 1.807) is 69.0 Å².